The van der Waals surface area contributed by atoms with Gasteiger partial charge in [-0.1, -0.05) is 0 Å². The van der Waals surface area contributed by atoms with Gasteiger partial charge < -0.3 is 4.74 Å². The maximum Gasteiger partial charge on any atom is 0.251 e. The molecule has 7 heteroatoms. The molecular weight excluding hydrogens is 309 g/mol. The molecule has 0 aliphatic heterocycles. The largest absolute Gasteiger partial charge is 0.487 e. The quantitative estimate of drug-likeness (QED) is 0.578. The van der Waals surface area contributed by atoms with E-state index in [9.17, 15) is 4.39 Å². The Bertz CT molecular complexity index is 969. The Labute approximate surface area is 136 Å². The first-order valence-electron chi connectivity index (χ1n) is 7.28. The predicted molar refractivity (Wildman–Crippen MR) is 84.7 cm³/mol. The van der Waals surface area contributed by atoms with Crippen molar-refractivity contribution in [2.24, 2.45) is 0 Å². The molecule has 4 aromatic rings. The van der Waals surface area contributed by atoms with Crippen LogP contribution >= 0.6 is 0 Å². The number of halogens is 1. The van der Waals surface area contributed by atoms with Gasteiger partial charge in [-0.05, 0) is 36.4 Å². The maximum absolute atomic E-state index is 13.0. The summed E-state index contributed by atoms with van der Waals surface area (Å²) in [5.74, 6) is 0.912. The lowest BCUT2D eigenvalue weighted by Gasteiger charge is -2.01. The average molecular weight is 321 g/mol. The topological polar surface area (TPSA) is 65.2 Å². The maximum atomic E-state index is 13.0. The number of hydrogen-bond donors (Lipinski definition) is 0. The summed E-state index contributed by atoms with van der Waals surface area (Å²) < 4.78 is 20.2. The zero-order valence-electron chi connectivity index (χ0n) is 12.5. The van der Waals surface area contributed by atoms with Gasteiger partial charge in [0.15, 0.2) is 0 Å². The molecule has 0 radical (unpaired) electrons. The van der Waals surface area contributed by atoms with E-state index in [1.54, 1.807) is 53.6 Å². The molecule has 3 heterocycles. The summed E-state index contributed by atoms with van der Waals surface area (Å²) in [6.07, 6.45) is 6.70. The lowest BCUT2D eigenvalue weighted by molar-refractivity contribution is 0.301. The van der Waals surface area contributed by atoms with Crippen LogP contribution in [0.3, 0.4) is 0 Å². The van der Waals surface area contributed by atoms with Gasteiger partial charge in [0.05, 0.1) is 12.4 Å². The SMILES string of the molecule is Fc1ccc(-c2cnc3nc(COc4ccncc4)cn3n2)cc1. The standard InChI is InChI=1S/C17H12FN5O/c18-13-3-1-12(2-4-13)16-9-20-17-21-14(10-23(17)22-16)11-24-15-5-7-19-8-6-15/h1-10H,11H2. The minimum atomic E-state index is -0.286. The molecule has 3 aromatic heterocycles. The van der Waals surface area contributed by atoms with E-state index >= 15 is 0 Å². The van der Waals surface area contributed by atoms with Gasteiger partial charge in [0.1, 0.15) is 29.6 Å². The number of fused-ring (bicyclic) bond motifs is 1. The van der Waals surface area contributed by atoms with Crippen LogP contribution in [-0.4, -0.2) is 24.6 Å². The van der Waals surface area contributed by atoms with Crippen LogP contribution in [0.5, 0.6) is 5.75 Å². The fourth-order valence-electron chi connectivity index (χ4n) is 2.24. The Morgan fingerprint density at radius 3 is 2.62 bits per heavy atom. The number of rotatable bonds is 4. The number of nitrogens with zero attached hydrogens (tertiary/aromatic N) is 5. The van der Waals surface area contributed by atoms with E-state index in [1.165, 1.54) is 12.1 Å². The molecule has 0 aliphatic carbocycles. The first-order chi connectivity index (χ1) is 11.8. The van der Waals surface area contributed by atoms with Crippen molar-refractivity contribution in [3.8, 4) is 17.0 Å². The van der Waals surface area contributed by atoms with Crippen molar-refractivity contribution >= 4 is 5.78 Å². The van der Waals surface area contributed by atoms with Crippen molar-refractivity contribution in [3.05, 3.63) is 72.7 Å². The number of ether oxygens (including phenoxy) is 1. The van der Waals surface area contributed by atoms with Crippen LogP contribution in [0.4, 0.5) is 4.39 Å². The van der Waals surface area contributed by atoms with E-state index in [1.807, 2.05) is 0 Å². The molecule has 24 heavy (non-hydrogen) atoms. The second-order valence-electron chi connectivity index (χ2n) is 5.10. The molecule has 118 valence electrons. The van der Waals surface area contributed by atoms with Crippen molar-refractivity contribution in [2.75, 3.05) is 0 Å². The van der Waals surface area contributed by atoms with Crippen molar-refractivity contribution in [1.29, 1.82) is 0 Å². The summed E-state index contributed by atoms with van der Waals surface area (Å²) in [5, 5.41) is 4.45. The smallest absolute Gasteiger partial charge is 0.251 e. The van der Waals surface area contributed by atoms with Gasteiger partial charge in [0.2, 0.25) is 0 Å². The second-order valence-corrected chi connectivity index (χ2v) is 5.10. The van der Waals surface area contributed by atoms with Crippen LogP contribution < -0.4 is 4.74 Å². The fourth-order valence-corrected chi connectivity index (χ4v) is 2.24. The molecule has 0 aliphatic rings. The number of aromatic nitrogens is 5. The third-order valence-electron chi connectivity index (χ3n) is 3.41. The van der Waals surface area contributed by atoms with Gasteiger partial charge in [0.25, 0.3) is 5.78 Å². The highest BCUT2D eigenvalue weighted by Crippen LogP contribution is 2.17. The fraction of sp³-hybridized carbons (Fsp3) is 0.0588. The van der Waals surface area contributed by atoms with E-state index in [4.69, 9.17) is 4.74 Å². The van der Waals surface area contributed by atoms with Crippen LogP contribution in [0.2, 0.25) is 0 Å². The first kappa shape index (κ1) is 14.3. The van der Waals surface area contributed by atoms with E-state index in [0.29, 0.717) is 23.8 Å². The molecule has 0 spiro atoms. The van der Waals surface area contributed by atoms with E-state index in [0.717, 1.165) is 11.3 Å². The number of hydrogen-bond acceptors (Lipinski definition) is 5. The van der Waals surface area contributed by atoms with E-state index in [2.05, 4.69) is 20.1 Å². The van der Waals surface area contributed by atoms with E-state index in [-0.39, 0.29) is 5.82 Å². The molecule has 0 saturated heterocycles. The Kier molecular flexibility index (Phi) is 3.59. The normalized spacial score (nSPS) is 10.9. The Hall–Kier alpha value is -3.35. The van der Waals surface area contributed by atoms with Gasteiger partial charge >= 0.3 is 0 Å². The van der Waals surface area contributed by atoms with Gasteiger partial charge in [0, 0.05) is 18.0 Å². The van der Waals surface area contributed by atoms with Crippen molar-refractivity contribution in [2.45, 2.75) is 6.61 Å². The van der Waals surface area contributed by atoms with Gasteiger partial charge in [-0.25, -0.2) is 18.9 Å². The summed E-state index contributed by atoms with van der Waals surface area (Å²) in [4.78, 5) is 12.6. The van der Waals surface area contributed by atoms with Crippen LogP contribution in [-0.2, 0) is 6.61 Å². The predicted octanol–water partition coefficient (Wildman–Crippen LogP) is 2.90. The molecule has 0 bridgehead atoms. The van der Waals surface area contributed by atoms with Gasteiger partial charge in [-0.2, -0.15) is 5.10 Å². The molecular formula is C17H12FN5O. The minimum absolute atomic E-state index is 0.286. The van der Waals surface area contributed by atoms with Crippen molar-refractivity contribution in [3.63, 3.8) is 0 Å². The number of benzene rings is 1. The van der Waals surface area contributed by atoms with Gasteiger partial charge in [-0.15, -0.1) is 0 Å². The summed E-state index contributed by atoms with van der Waals surface area (Å²) >= 11 is 0. The summed E-state index contributed by atoms with van der Waals surface area (Å²) in [5.41, 5.74) is 2.14. The first-order valence-corrected chi connectivity index (χ1v) is 7.28. The highest BCUT2D eigenvalue weighted by atomic mass is 19.1. The van der Waals surface area contributed by atoms with Gasteiger partial charge in [-0.3, -0.25) is 4.98 Å². The monoisotopic (exact) mass is 321 g/mol. The van der Waals surface area contributed by atoms with Crippen LogP contribution in [0.25, 0.3) is 17.0 Å². The molecule has 0 atom stereocenters. The zero-order valence-corrected chi connectivity index (χ0v) is 12.5. The number of pyridine rings is 1. The summed E-state index contributed by atoms with van der Waals surface area (Å²) in [6.45, 7) is 0.306. The highest BCUT2D eigenvalue weighted by Gasteiger charge is 2.07. The average Bonchev–Trinajstić information content (AvgIpc) is 3.03. The second kappa shape index (κ2) is 6.04. The lowest BCUT2D eigenvalue weighted by atomic mass is 10.2. The lowest BCUT2D eigenvalue weighted by Crippen LogP contribution is -1.96. The molecule has 1 aromatic carbocycles. The van der Waals surface area contributed by atoms with E-state index < -0.39 is 0 Å². The molecule has 0 unspecified atom stereocenters. The molecule has 6 nitrogen and oxygen atoms in total. The third-order valence-corrected chi connectivity index (χ3v) is 3.41. The highest BCUT2D eigenvalue weighted by molar-refractivity contribution is 5.58. The van der Waals surface area contributed by atoms with Crippen LogP contribution in [0.15, 0.2) is 61.2 Å². The third kappa shape index (κ3) is 2.91. The molecule has 0 amide bonds. The molecule has 4 rings (SSSR count). The molecule has 0 saturated carbocycles. The van der Waals surface area contributed by atoms with Crippen LogP contribution in [0.1, 0.15) is 5.69 Å². The Morgan fingerprint density at radius 2 is 1.83 bits per heavy atom. The van der Waals surface area contributed by atoms with Crippen molar-refractivity contribution < 1.29 is 9.13 Å². The summed E-state index contributed by atoms with van der Waals surface area (Å²) in [6, 6.07) is 9.66. The molecule has 0 fully saturated rings. The van der Waals surface area contributed by atoms with Crippen LogP contribution in [0, 0.1) is 5.82 Å². The Morgan fingerprint density at radius 1 is 1.04 bits per heavy atom. The Balaban J connectivity index is 1.58. The summed E-state index contributed by atoms with van der Waals surface area (Å²) in [7, 11) is 0. The van der Waals surface area contributed by atoms with Crippen molar-refractivity contribution in [1.82, 2.24) is 24.6 Å². The zero-order chi connectivity index (χ0) is 16.4. The molecule has 0 N–H and O–H groups in total. The number of imidazole rings is 1. The minimum Gasteiger partial charge on any atom is -0.487 e.